The second-order valence-electron chi connectivity index (χ2n) is 7.08. The van der Waals surface area contributed by atoms with Crippen molar-refractivity contribution in [3.05, 3.63) is 89.2 Å². The molecule has 0 atom stereocenters. The topological polar surface area (TPSA) is 62.3 Å². The first-order valence-electron chi connectivity index (χ1n) is 9.87. The monoisotopic (exact) mass is 465 g/mol. The van der Waals surface area contributed by atoms with Crippen molar-refractivity contribution in [2.24, 2.45) is 0 Å². The number of hydrogen-bond acceptors (Lipinski definition) is 5. The molecule has 0 bridgehead atoms. The standard InChI is InChI=1S/C24H20FN3O2S2/c1-28(14-23-27-19-7-3-5-9-21(19)32-23)24(30)18-6-2-4-8-20(18)31-15-22(29)26-17-12-10-16(25)11-13-17/h2-13H,14-15H2,1H3,(H,26,29). The van der Waals surface area contributed by atoms with E-state index in [1.54, 1.807) is 35.4 Å². The Labute approximate surface area is 193 Å². The Kier molecular flexibility index (Phi) is 6.82. The molecule has 1 heterocycles. The molecule has 2 amide bonds. The van der Waals surface area contributed by atoms with Gasteiger partial charge in [0.1, 0.15) is 10.8 Å². The van der Waals surface area contributed by atoms with Crippen LogP contribution in [0.2, 0.25) is 0 Å². The Bertz CT molecular complexity index is 1220. The van der Waals surface area contributed by atoms with Crippen molar-refractivity contribution in [1.82, 2.24) is 9.88 Å². The number of carbonyl (C=O) groups excluding carboxylic acids is 2. The lowest BCUT2D eigenvalue weighted by Crippen LogP contribution is -2.26. The molecule has 3 aromatic carbocycles. The summed E-state index contributed by atoms with van der Waals surface area (Å²) < 4.78 is 14.1. The Hall–Kier alpha value is -3.23. The summed E-state index contributed by atoms with van der Waals surface area (Å²) in [4.78, 5) is 32.3. The van der Waals surface area contributed by atoms with Gasteiger partial charge in [-0.15, -0.1) is 23.1 Å². The molecule has 0 unspecified atom stereocenters. The molecule has 1 aromatic heterocycles. The van der Waals surface area contributed by atoms with Crippen molar-refractivity contribution in [2.45, 2.75) is 11.4 Å². The zero-order chi connectivity index (χ0) is 22.5. The first-order valence-corrected chi connectivity index (χ1v) is 11.7. The van der Waals surface area contributed by atoms with Crippen molar-refractivity contribution < 1.29 is 14.0 Å². The van der Waals surface area contributed by atoms with Gasteiger partial charge in [-0.25, -0.2) is 9.37 Å². The third kappa shape index (κ3) is 5.33. The van der Waals surface area contributed by atoms with E-state index in [0.717, 1.165) is 20.1 Å². The lowest BCUT2D eigenvalue weighted by Gasteiger charge is -2.17. The number of nitrogens with zero attached hydrogens (tertiary/aromatic N) is 2. The third-order valence-corrected chi connectivity index (χ3v) is 6.76. The van der Waals surface area contributed by atoms with Gasteiger partial charge in [0.25, 0.3) is 5.91 Å². The number of hydrogen-bond donors (Lipinski definition) is 1. The second kappa shape index (κ2) is 9.93. The van der Waals surface area contributed by atoms with Crippen LogP contribution in [0.15, 0.2) is 77.7 Å². The maximum Gasteiger partial charge on any atom is 0.255 e. The Morgan fingerprint density at radius 2 is 1.75 bits per heavy atom. The summed E-state index contributed by atoms with van der Waals surface area (Å²) in [6.45, 7) is 0.405. The summed E-state index contributed by atoms with van der Waals surface area (Å²) in [5.74, 6) is -0.596. The van der Waals surface area contributed by atoms with Gasteiger partial charge in [0.05, 0.1) is 28.1 Å². The lowest BCUT2D eigenvalue weighted by molar-refractivity contribution is -0.113. The number of para-hydroxylation sites is 1. The molecule has 0 aliphatic heterocycles. The molecule has 162 valence electrons. The van der Waals surface area contributed by atoms with E-state index in [-0.39, 0.29) is 23.4 Å². The molecule has 0 fully saturated rings. The molecule has 0 aliphatic carbocycles. The summed E-state index contributed by atoms with van der Waals surface area (Å²) in [7, 11) is 1.75. The molecule has 0 saturated heterocycles. The number of amides is 2. The highest BCUT2D eigenvalue weighted by Crippen LogP contribution is 2.26. The molecule has 8 heteroatoms. The van der Waals surface area contributed by atoms with Gasteiger partial charge in [0, 0.05) is 17.6 Å². The van der Waals surface area contributed by atoms with E-state index < -0.39 is 0 Å². The van der Waals surface area contributed by atoms with Crippen molar-refractivity contribution >= 4 is 50.8 Å². The van der Waals surface area contributed by atoms with E-state index >= 15 is 0 Å². The first kappa shape index (κ1) is 22.0. The number of halogens is 1. The van der Waals surface area contributed by atoms with Crippen LogP contribution < -0.4 is 5.32 Å². The van der Waals surface area contributed by atoms with Gasteiger partial charge < -0.3 is 10.2 Å². The van der Waals surface area contributed by atoms with Crippen LogP contribution in [0.5, 0.6) is 0 Å². The maximum absolute atomic E-state index is 13.1. The number of thioether (sulfide) groups is 1. The number of aromatic nitrogens is 1. The predicted molar refractivity (Wildman–Crippen MR) is 128 cm³/mol. The number of benzene rings is 3. The van der Waals surface area contributed by atoms with Crippen LogP contribution in [-0.2, 0) is 11.3 Å². The molecule has 1 N–H and O–H groups in total. The van der Waals surface area contributed by atoms with Gasteiger partial charge in [-0.1, -0.05) is 24.3 Å². The average Bonchev–Trinajstić information content (AvgIpc) is 3.21. The molecule has 4 aromatic rings. The fourth-order valence-corrected chi connectivity index (χ4v) is 4.98. The van der Waals surface area contributed by atoms with Crippen LogP contribution >= 0.6 is 23.1 Å². The molecular weight excluding hydrogens is 445 g/mol. The zero-order valence-corrected chi connectivity index (χ0v) is 18.9. The Morgan fingerprint density at radius 1 is 1.03 bits per heavy atom. The second-order valence-corrected chi connectivity index (χ2v) is 9.21. The minimum absolute atomic E-state index is 0.128. The van der Waals surface area contributed by atoms with E-state index in [1.807, 2.05) is 36.4 Å². The number of carbonyl (C=O) groups is 2. The molecular formula is C24H20FN3O2S2. The molecule has 4 rings (SSSR count). The minimum Gasteiger partial charge on any atom is -0.335 e. The highest BCUT2D eigenvalue weighted by atomic mass is 32.2. The van der Waals surface area contributed by atoms with Gasteiger partial charge in [-0.2, -0.15) is 0 Å². The van der Waals surface area contributed by atoms with Gasteiger partial charge in [-0.3, -0.25) is 9.59 Å². The summed E-state index contributed by atoms with van der Waals surface area (Å²) >= 11 is 2.86. The van der Waals surface area contributed by atoms with Crippen LogP contribution in [-0.4, -0.2) is 34.5 Å². The molecule has 5 nitrogen and oxygen atoms in total. The van der Waals surface area contributed by atoms with Crippen LogP contribution in [0.25, 0.3) is 10.2 Å². The van der Waals surface area contributed by atoms with E-state index in [9.17, 15) is 14.0 Å². The van der Waals surface area contributed by atoms with Gasteiger partial charge in [0.15, 0.2) is 0 Å². The molecule has 0 radical (unpaired) electrons. The predicted octanol–water partition coefficient (Wildman–Crippen LogP) is 5.44. The van der Waals surface area contributed by atoms with Crippen LogP contribution in [0, 0.1) is 5.82 Å². The van der Waals surface area contributed by atoms with E-state index in [1.165, 1.54) is 36.0 Å². The largest absolute Gasteiger partial charge is 0.335 e. The highest BCUT2D eigenvalue weighted by molar-refractivity contribution is 8.00. The van der Waals surface area contributed by atoms with Crippen LogP contribution in [0.1, 0.15) is 15.4 Å². The van der Waals surface area contributed by atoms with E-state index in [4.69, 9.17) is 0 Å². The number of thiazole rings is 1. The maximum atomic E-state index is 13.1. The first-order chi connectivity index (χ1) is 15.5. The zero-order valence-electron chi connectivity index (χ0n) is 17.2. The van der Waals surface area contributed by atoms with Crippen LogP contribution in [0.3, 0.4) is 0 Å². The highest BCUT2D eigenvalue weighted by Gasteiger charge is 2.18. The SMILES string of the molecule is CN(Cc1nc2ccccc2s1)C(=O)c1ccccc1SCC(=O)Nc1ccc(F)cc1. The molecule has 0 saturated carbocycles. The number of fused-ring (bicyclic) bond motifs is 1. The summed E-state index contributed by atoms with van der Waals surface area (Å²) in [5, 5.41) is 3.59. The van der Waals surface area contributed by atoms with Crippen molar-refractivity contribution in [2.75, 3.05) is 18.1 Å². The number of rotatable bonds is 7. The summed E-state index contributed by atoms with van der Waals surface area (Å²) in [6.07, 6.45) is 0. The van der Waals surface area contributed by atoms with Crippen molar-refractivity contribution in [3.8, 4) is 0 Å². The third-order valence-electron chi connectivity index (χ3n) is 4.66. The minimum atomic E-state index is -0.361. The van der Waals surface area contributed by atoms with Gasteiger partial charge in [0.2, 0.25) is 5.91 Å². The normalized spacial score (nSPS) is 10.8. The number of anilines is 1. The average molecular weight is 466 g/mol. The smallest absolute Gasteiger partial charge is 0.255 e. The quantitative estimate of drug-likeness (QED) is 0.369. The van der Waals surface area contributed by atoms with Gasteiger partial charge >= 0.3 is 0 Å². The van der Waals surface area contributed by atoms with Gasteiger partial charge in [-0.05, 0) is 48.5 Å². The van der Waals surface area contributed by atoms with Crippen LogP contribution in [0.4, 0.5) is 10.1 Å². The molecule has 32 heavy (non-hydrogen) atoms. The van der Waals surface area contributed by atoms with Crippen molar-refractivity contribution in [1.29, 1.82) is 0 Å². The lowest BCUT2D eigenvalue weighted by atomic mass is 10.2. The van der Waals surface area contributed by atoms with E-state index in [0.29, 0.717) is 17.8 Å². The Balaban J connectivity index is 1.40. The molecule has 0 aliphatic rings. The molecule has 0 spiro atoms. The summed E-state index contributed by atoms with van der Waals surface area (Å²) in [6, 6.07) is 20.7. The van der Waals surface area contributed by atoms with E-state index in [2.05, 4.69) is 10.3 Å². The summed E-state index contributed by atoms with van der Waals surface area (Å²) in [5.41, 5.74) is 1.99. The fourth-order valence-electron chi connectivity index (χ4n) is 3.11. The van der Waals surface area contributed by atoms with Crippen molar-refractivity contribution in [3.63, 3.8) is 0 Å². The number of nitrogens with one attached hydrogen (secondary N) is 1. The fraction of sp³-hybridized carbons (Fsp3) is 0.125. The Morgan fingerprint density at radius 3 is 2.53 bits per heavy atom.